The molecular weight excluding hydrogens is 216 g/mol. The van der Waals surface area contributed by atoms with Crippen molar-refractivity contribution in [3.8, 4) is 0 Å². The Bertz CT molecular complexity index is 297. The summed E-state index contributed by atoms with van der Waals surface area (Å²) in [6, 6.07) is 4.35. The molecule has 2 rings (SSSR count). The molecule has 16 heavy (non-hydrogen) atoms. The molecule has 0 radical (unpaired) electrons. The molecule has 0 saturated heterocycles. The highest BCUT2D eigenvalue weighted by Crippen LogP contribution is 2.31. The van der Waals surface area contributed by atoms with Gasteiger partial charge in [0, 0.05) is 18.0 Å². The fourth-order valence-corrected chi connectivity index (χ4v) is 3.58. The van der Waals surface area contributed by atoms with E-state index in [1.54, 1.807) is 0 Å². The molecule has 0 amide bonds. The van der Waals surface area contributed by atoms with Gasteiger partial charge in [0.25, 0.3) is 0 Å². The normalized spacial score (nSPS) is 25.4. The fraction of sp³-hybridized carbons (Fsp3) is 0.692. The van der Waals surface area contributed by atoms with Crippen LogP contribution in [-0.2, 0) is 6.54 Å². The summed E-state index contributed by atoms with van der Waals surface area (Å²) in [5.74, 6) is 1.60. The summed E-state index contributed by atoms with van der Waals surface area (Å²) in [5.41, 5.74) is 5.82. The first-order valence-electron chi connectivity index (χ1n) is 6.20. The minimum absolute atomic E-state index is 0.769. The Kier molecular flexibility index (Phi) is 4.38. The molecular formula is C13H22N2S. The van der Waals surface area contributed by atoms with Crippen molar-refractivity contribution in [2.45, 2.75) is 25.8 Å². The fourth-order valence-electron chi connectivity index (χ4n) is 2.80. The van der Waals surface area contributed by atoms with Gasteiger partial charge in [-0.3, -0.25) is 0 Å². The average molecular weight is 238 g/mol. The van der Waals surface area contributed by atoms with Crippen molar-refractivity contribution in [2.24, 2.45) is 17.6 Å². The van der Waals surface area contributed by atoms with E-state index in [-0.39, 0.29) is 0 Å². The zero-order chi connectivity index (χ0) is 11.4. The maximum Gasteiger partial charge on any atom is 0.0324 e. The maximum absolute atomic E-state index is 5.82. The van der Waals surface area contributed by atoms with Crippen LogP contribution in [0.1, 0.15) is 24.1 Å². The second-order valence-electron chi connectivity index (χ2n) is 4.96. The van der Waals surface area contributed by atoms with Crippen molar-refractivity contribution in [1.29, 1.82) is 0 Å². The van der Waals surface area contributed by atoms with Crippen molar-refractivity contribution in [2.75, 3.05) is 20.1 Å². The highest BCUT2D eigenvalue weighted by molar-refractivity contribution is 7.09. The Balaban J connectivity index is 1.80. The van der Waals surface area contributed by atoms with Crippen LogP contribution in [0.4, 0.5) is 0 Å². The number of nitrogens with zero attached hydrogens (tertiary/aromatic N) is 1. The molecule has 2 unspecified atom stereocenters. The molecule has 2 nitrogen and oxygen atoms in total. The van der Waals surface area contributed by atoms with Gasteiger partial charge in [0.15, 0.2) is 0 Å². The largest absolute Gasteiger partial charge is 0.330 e. The number of hydrogen-bond acceptors (Lipinski definition) is 3. The van der Waals surface area contributed by atoms with Crippen molar-refractivity contribution >= 4 is 11.3 Å². The van der Waals surface area contributed by atoms with Gasteiger partial charge in [-0.15, -0.1) is 11.3 Å². The second-order valence-corrected chi connectivity index (χ2v) is 6.00. The summed E-state index contributed by atoms with van der Waals surface area (Å²) >= 11 is 1.85. The number of thiophene rings is 1. The van der Waals surface area contributed by atoms with Crippen LogP contribution < -0.4 is 5.73 Å². The molecule has 1 saturated carbocycles. The lowest BCUT2D eigenvalue weighted by Crippen LogP contribution is -2.30. The Hall–Kier alpha value is -0.380. The van der Waals surface area contributed by atoms with Crippen LogP contribution >= 0.6 is 11.3 Å². The van der Waals surface area contributed by atoms with Crippen molar-refractivity contribution < 1.29 is 0 Å². The quantitative estimate of drug-likeness (QED) is 0.854. The van der Waals surface area contributed by atoms with Gasteiger partial charge in [0.05, 0.1) is 0 Å². The minimum Gasteiger partial charge on any atom is -0.330 e. The van der Waals surface area contributed by atoms with E-state index in [0.29, 0.717) is 0 Å². The number of nitrogens with two attached hydrogens (primary N) is 1. The molecule has 0 aliphatic heterocycles. The number of hydrogen-bond donors (Lipinski definition) is 1. The van der Waals surface area contributed by atoms with Crippen molar-refractivity contribution in [1.82, 2.24) is 4.90 Å². The summed E-state index contributed by atoms with van der Waals surface area (Å²) in [5, 5.41) is 2.15. The lowest BCUT2D eigenvalue weighted by Gasteiger charge is -2.24. The molecule has 1 aliphatic carbocycles. The Labute approximate surface area is 102 Å². The Morgan fingerprint density at radius 3 is 2.94 bits per heavy atom. The highest BCUT2D eigenvalue weighted by atomic mass is 32.1. The van der Waals surface area contributed by atoms with Crippen molar-refractivity contribution in [3.63, 3.8) is 0 Å². The van der Waals surface area contributed by atoms with E-state index in [4.69, 9.17) is 5.73 Å². The zero-order valence-corrected chi connectivity index (χ0v) is 10.9. The molecule has 1 aromatic rings. The minimum atomic E-state index is 0.769. The van der Waals surface area contributed by atoms with Crippen molar-refractivity contribution in [3.05, 3.63) is 22.4 Å². The molecule has 0 aromatic carbocycles. The van der Waals surface area contributed by atoms with E-state index in [1.807, 2.05) is 11.3 Å². The average Bonchev–Trinajstić information content (AvgIpc) is 2.88. The third-order valence-electron chi connectivity index (χ3n) is 3.67. The number of rotatable bonds is 5. The van der Waals surface area contributed by atoms with Crippen LogP contribution in [0.2, 0.25) is 0 Å². The summed E-state index contributed by atoms with van der Waals surface area (Å²) < 4.78 is 0. The van der Waals surface area contributed by atoms with Gasteiger partial charge in [-0.2, -0.15) is 0 Å². The van der Waals surface area contributed by atoms with E-state index in [2.05, 4.69) is 29.5 Å². The predicted octanol–water partition coefficient (Wildman–Crippen LogP) is 2.55. The van der Waals surface area contributed by atoms with E-state index >= 15 is 0 Å². The predicted molar refractivity (Wildman–Crippen MR) is 70.5 cm³/mol. The smallest absolute Gasteiger partial charge is 0.0324 e. The van der Waals surface area contributed by atoms with Gasteiger partial charge in [-0.25, -0.2) is 0 Å². The van der Waals surface area contributed by atoms with Crippen LogP contribution in [0.25, 0.3) is 0 Å². The molecule has 2 atom stereocenters. The second kappa shape index (κ2) is 5.80. The van der Waals surface area contributed by atoms with E-state index < -0.39 is 0 Å². The Morgan fingerprint density at radius 2 is 2.25 bits per heavy atom. The van der Waals surface area contributed by atoms with Crippen LogP contribution in [0.3, 0.4) is 0 Å². The molecule has 1 heterocycles. The molecule has 0 spiro atoms. The maximum atomic E-state index is 5.82. The van der Waals surface area contributed by atoms with Gasteiger partial charge in [0.1, 0.15) is 0 Å². The molecule has 2 N–H and O–H groups in total. The zero-order valence-electron chi connectivity index (χ0n) is 10.1. The summed E-state index contributed by atoms with van der Waals surface area (Å²) in [6.07, 6.45) is 4.09. The topological polar surface area (TPSA) is 29.3 Å². The first-order valence-corrected chi connectivity index (χ1v) is 7.08. The standard InChI is InChI=1S/C13H22N2S/c1-15(10-13-6-3-7-16-13)9-12-5-2-4-11(12)8-14/h3,6-7,11-12H,2,4-5,8-10,14H2,1H3. The van der Waals surface area contributed by atoms with E-state index in [0.717, 1.165) is 24.9 Å². The lowest BCUT2D eigenvalue weighted by atomic mass is 9.96. The Morgan fingerprint density at radius 1 is 1.44 bits per heavy atom. The molecule has 1 fully saturated rings. The lowest BCUT2D eigenvalue weighted by molar-refractivity contribution is 0.238. The van der Waals surface area contributed by atoms with Gasteiger partial charge in [-0.05, 0) is 49.7 Å². The summed E-state index contributed by atoms with van der Waals surface area (Å²) in [4.78, 5) is 3.91. The summed E-state index contributed by atoms with van der Waals surface area (Å²) in [7, 11) is 2.23. The first kappa shape index (κ1) is 12.1. The van der Waals surface area contributed by atoms with Crippen LogP contribution in [0.5, 0.6) is 0 Å². The molecule has 1 aromatic heterocycles. The third kappa shape index (κ3) is 3.06. The van der Waals surface area contributed by atoms with Crippen LogP contribution in [0, 0.1) is 11.8 Å². The monoisotopic (exact) mass is 238 g/mol. The molecule has 3 heteroatoms. The first-order chi connectivity index (χ1) is 7.79. The van der Waals surface area contributed by atoms with Gasteiger partial charge < -0.3 is 10.6 Å². The molecule has 90 valence electrons. The third-order valence-corrected chi connectivity index (χ3v) is 4.53. The van der Waals surface area contributed by atoms with Gasteiger partial charge >= 0.3 is 0 Å². The van der Waals surface area contributed by atoms with Gasteiger partial charge in [-0.1, -0.05) is 12.5 Å². The van der Waals surface area contributed by atoms with Crippen LogP contribution in [-0.4, -0.2) is 25.0 Å². The van der Waals surface area contributed by atoms with E-state index in [9.17, 15) is 0 Å². The van der Waals surface area contributed by atoms with Crippen LogP contribution in [0.15, 0.2) is 17.5 Å². The summed E-state index contributed by atoms with van der Waals surface area (Å²) in [6.45, 7) is 3.17. The highest BCUT2D eigenvalue weighted by Gasteiger charge is 2.26. The van der Waals surface area contributed by atoms with Gasteiger partial charge in [0.2, 0.25) is 0 Å². The SMILES string of the molecule is CN(Cc1cccs1)CC1CCCC1CN. The molecule has 1 aliphatic rings. The van der Waals surface area contributed by atoms with E-state index in [1.165, 1.54) is 30.7 Å². The molecule has 0 bridgehead atoms.